The summed E-state index contributed by atoms with van der Waals surface area (Å²) in [5, 5.41) is 0. The summed E-state index contributed by atoms with van der Waals surface area (Å²) in [5.74, 6) is 0. The van der Waals surface area contributed by atoms with Gasteiger partial charge in [-0.2, -0.15) is 0 Å². The lowest BCUT2D eigenvalue weighted by Gasteiger charge is -2.06. The van der Waals surface area contributed by atoms with Crippen LogP contribution < -0.4 is 0 Å². The topological polar surface area (TPSA) is 12.4 Å². The molecule has 2 rings (SSSR count). The molecule has 1 atom stereocenters. The van der Waals surface area contributed by atoms with Crippen LogP contribution in [0.15, 0.2) is 34.2 Å². The number of aliphatic imine (C=N–C) groups is 1. The van der Waals surface area contributed by atoms with E-state index < -0.39 is 9.93 Å². The van der Waals surface area contributed by atoms with Gasteiger partial charge in [-0.3, -0.25) is 0 Å². The van der Waals surface area contributed by atoms with Gasteiger partial charge in [-0.25, -0.2) is 4.99 Å². The number of rotatable bonds is 0. The van der Waals surface area contributed by atoms with E-state index in [9.17, 15) is 0 Å². The zero-order valence-corrected chi connectivity index (χ0v) is 8.28. The fourth-order valence-corrected chi connectivity index (χ4v) is 3.06. The molecule has 0 saturated carbocycles. The Hall–Kier alpha value is -0.0600. The first-order chi connectivity index (χ1) is 5.29. The molecule has 11 heavy (non-hydrogen) atoms. The van der Waals surface area contributed by atoms with E-state index in [1.807, 2.05) is 18.2 Å². The van der Waals surface area contributed by atoms with Crippen molar-refractivity contribution in [2.45, 2.75) is 4.90 Å². The number of thiol groups is 3. The van der Waals surface area contributed by atoms with Crippen molar-refractivity contribution >= 4 is 44.3 Å². The zero-order valence-electron chi connectivity index (χ0n) is 5.60. The Morgan fingerprint density at radius 1 is 1.27 bits per heavy atom. The van der Waals surface area contributed by atoms with E-state index in [1.54, 1.807) is 0 Å². The number of nitrogens with zero attached hydrogens (tertiary/aromatic N) is 1. The Labute approximate surface area is 78.5 Å². The lowest BCUT2D eigenvalue weighted by molar-refractivity contribution is 1.41. The fourth-order valence-electron chi connectivity index (χ4n) is 1.00. The smallest absolute Gasteiger partial charge is 0.120 e. The van der Waals surface area contributed by atoms with E-state index in [0.717, 1.165) is 10.1 Å². The summed E-state index contributed by atoms with van der Waals surface area (Å²) in [6.45, 7) is 0. The molecule has 1 aromatic carbocycles. The normalized spacial score (nSPS) is 24.5. The number of para-hydroxylation sites is 1. The van der Waals surface area contributed by atoms with Gasteiger partial charge in [0.1, 0.15) is 4.38 Å². The third-order valence-electron chi connectivity index (χ3n) is 1.52. The molecule has 0 aliphatic carbocycles. The maximum absolute atomic E-state index is 4.42. The summed E-state index contributed by atoms with van der Waals surface area (Å²) in [5.41, 5.74) is 1.03. The van der Waals surface area contributed by atoms with Gasteiger partial charge < -0.3 is 0 Å². The molecule has 0 amide bonds. The molecule has 58 valence electrons. The third-order valence-corrected chi connectivity index (χ3v) is 5.22. The van der Waals surface area contributed by atoms with Crippen molar-refractivity contribution in [2.24, 2.45) is 4.99 Å². The highest BCUT2D eigenvalue weighted by atomic mass is 33.1. The van der Waals surface area contributed by atoms with Gasteiger partial charge in [0.25, 0.3) is 0 Å². The molecule has 1 unspecified atom stereocenters. The predicted octanol–water partition coefficient (Wildman–Crippen LogP) is 2.82. The minimum absolute atomic E-state index is 0.533. The van der Waals surface area contributed by atoms with Crippen LogP contribution >= 0.6 is 34.2 Å². The summed E-state index contributed by atoms with van der Waals surface area (Å²) in [4.78, 5) is 5.48. The average molecular weight is 201 g/mol. The van der Waals surface area contributed by atoms with E-state index >= 15 is 0 Å². The van der Waals surface area contributed by atoms with Gasteiger partial charge in [0.2, 0.25) is 0 Å². The lowest BCUT2D eigenvalue weighted by atomic mass is 10.3. The van der Waals surface area contributed by atoms with Crippen molar-refractivity contribution in [3.63, 3.8) is 0 Å². The number of fused-ring (bicyclic) bond motifs is 1. The molecular weight excluding hydrogens is 194 g/mol. The second kappa shape index (κ2) is 2.77. The van der Waals surface area contributed by atoms with Gasteiger partial charge in [-0.15, -0.1) is 34.2 Å². The zero-order chi connectivity index (χ0) is 7.84. The van der Waals surface area contributed by atoms with Gasteiger partial charge in [0.05, 0.1) is 5.69 Å². The highest BCUT2D eigenvalue weighted by molar-refractivity contribution is 8.88. The molecule has 0 bridgehead atoms. The van der Waals surface area contributed by atoms with E-state index in [1.165, 1.54) is 4.90 Å². The molecule has 0 N–H and O–H groups in total. The quantitative estimate of drug-likeness (QED) is 0.324. The lowest BCUT2D eigenvalue weighted by Crippen LogP contribution is -1.74. The molecule has 4 heteroatoms. The van der Waals surface area contributed by atoms with E-state index in [-0.39, 0.29) is 0 Å². The van der Waals surface area contributed by atoms with Crippen LogP contribution in [0.2, 0.25) is 0 Å². The van der Waals surface area contributed by atoms with Crippen molar-refractivity contribution in [3.8, 4) is 0 Å². The maximum atomic E-state index is 4.42. The van der Waals surface area contributed by atoms with Crippen LogP contribution in [-0.2, 0) is 0 Å². The van der Waals surface area contributed by atoms with Gasteiger partial charge in [0.15, 0.2) is 0 Å². The summed E-state index contributed by atoms with van der Waals surface area (Å²) in [6.07, 6.45) is 0. The summed E-state index contributed by atoms with van der Waals surface area (Å²) < 4.78 is 0.851. The van der Waals surface area contributed by atoms with Crippen LogP contribution in [0.3, 0.4) is 0 Å². The largest absolute Gasteiger partial charge is 0.235 e. The van der Waals surface area contributed by atoms with Gasteiger partial charge >= 0.3 is 0 Å². The standard InChI is InChI=1S/C7H7NS3/c9-7-8-5-3-1-2-4-6(5)11(7)10/h1-4,10-11H,(H,8,9). The van der Waals surface area contributed by atoms with Crippen LogP contribution in [-0.4, -0.2) is 4.38 Å². The van der Waals surface area contributed by atoms with Crippen LogP contribution in [0.4, 0.5) is 5.69 Å². The molecular formula is C7H7NS3. The molecule has 0 spiro atoms. The third kappa shape index (κ3) is 1.19. The SMILES string of the molecule is SC1=Nc2ccccc2[SH]1S. The first-order valence-corrected chi connectivity index (χ1v) is 6.09. The van der Waals surface area contributed by atoms with Crippen molar-refractivity contribution in [2.75, 3.05) is 0 Å². The number of benzene rings is 1. The monoisotopic (exact) mass is 201 g/mol. The van der Waals surface area contributed by atoms with E-state index in [4.69, 9.17) is 0 Å². The van der Waals surface area contributed by atoms with Gasteiger partial charge in [-0.05, 0) is 12.1 Å². The predicted molar refractivity (Wildman–Crippen MR) is 58.8 cm³/mol. The Bertz CT molecular complexity index is 321. The maximum Gasteiger partial charge on any atom is 0.120 e. The second-order valence-corrected chi connectivity index (χ2v) is 5.72. The fraction of sp³-hybridized carbons (Fsp3) is 0. The minimum Gasteiger partial charge on any atom is -0.235 e. The van der Waals surface area contributed by atoms with Crippen LogP contribution in [0.25, 0.3) is 0 Å². The Kier molecular flexibility index (Phi) is 1.91. The number of hydrogen-bond donors (Lipinski definition) is 3. The molecule has 1 nitrogen and oxygen atoms in total. The summed E-state index contributed by atoms with van der Waals surface area (Å²) in [6, 6.07) is 8.03. The second-order valence-electron chi connectivity index (χ2n) is 2.21. The highest BCUT2D eigenvalue weighted by Gasteiger charge is 2.16. The molecule has 0 radical (unpaired) electrons. The molecule has 1 aliphatic rings. The van der Waals surface area contributed by atoms with Crippen LogP contribution in [0, 0.1) is 0 Å². The average Bonchev–Trinajstić information content (AvgIpc) is 2.30. The molecule has 0 saturated heterocycles. The number of hydrogen-bond acceptors (Lipinski definition) is 2. The van der Waals surface area contributed by atoms with Crippen molar-refractivity contribution in [1.29, 1.82) is 0 Å². The van der Waals surface area contributed by atoms with Crippen molar-refractivity contribution in [1.82, 2.24) is 0 Å². The molecule has 1 heterocycles. The van der Waals surface area contributed by atoms with Gasteiger partial charge in [-0.1, -0.05) is 12.1 Å². The molecule has 0 fully saturated rings. The van der Waals surface area contributed by atoms with Crippen LogP contribution in [0.1, 0.15) is 0 Å². The van der Waals surface area contributed by atoms with Crippen molar-refractivity contribution in [3.05, 3.63) is 24.3 Å². The Morgan fingerprint density at radius 3 is 2.73 bits per heavy atom. The van der Waals surface area contributed by atoms with E-state index in [0.29, 0.717) is 0 Å². The Morgan fingerprint density at radius 2 is 2.00 bits per heavy atom. The Balaban J connectivity index is 2.58. The first-order valence-electron chi connectivity index (χ1n) is 3.15. The van der Waals surface area contributed by atoms with E-state index in [2.05, 4.69) is 35.3 Å². The van der Waals surface area contributed by atoms with Gasteiger partial charge in [0, 0.05) is 4.90 Å². The highest BCUT2D eigenvalue weighted by Crippen LogP contribution is 2.52. The first kappa shape index (κ1) is 7.58. The van der Waals surface area contributed by atoms with Crippen LogP contribution in [0.5, 0.6) is 0 Å². The summed E-state index contributed by atoms with van der Waals surface area (Å²) in [7, 11) is -0.533. The molecule has 0 aromatic heterocycles. The van der Waals surface area contributed by atoms with Crippen molar-refractivity contribution < 1.29 is 0 Å². The molecule has 1 aromatic rings. The summed E-state index contributed by atoms with van der Waals surface area (Å²) >= 11 is 8.66. The molecule has 1 aliphatic heterocycles. The minimum atomic E-state index is -0.533.